The highest BCUT2D eigenvalue weighted by molar-refractivity contribution is 5.74. The second-order valence-corrected chi connectivity index (χ2v) is 8.42. The Kier molecular flexibility index (Phi) is 8.06. The van der Waals surface area contributed by atoms with Crippen LogP contribution in [0.2, 0.25) is 0 Å². The van der Waals surface area contributed by atoms with Gasteiger partial charge in [0.25, 0.3) is 0 Å². The molecule has 1 aromatic heterocycles. The van der Waals surface area contributed by atoms with Crippen molar-refractivity contribution in [3.8, 4) is 0 Å². The molecular weight excluding hydrogens is 415 g/mol. The maximum atomic E-state index is 13.1. The molecule has 8 nitrogen and oxygen atoms in total. The standard InChI is InChI=1S/C23H31FN4O4/c24-19-6-4-17(5-7-19)15-25-23(29)28-11-2-1-3-20(28)22-26-21(27-32-22)10-14-31-16-18-8-12-30-13-9-18/h4-7,18,20H,1-3,8-16H2,(H,25,29). The normalized spacial score (nSPS) is 19.8. The Morgan fingerprint density at radius 3 is 2.81 bits per heavy atom. The molecule has 1 unspecified atom stereocenters. The average Bonchev–Trinajstić information content (AvgIpc) is 3.31. The number of benzene rings is 1. The Hall–Kier alpha value is -2.52. The molecule has 2 aromatic rings. The van der Waals surface area contributed by atoms with Gasteiger partial charge in [-0.2, -0.15) is 4.98 Å². The van der Waals surface area contributed by atoms with E-state index in [1.807, 2.05) is 0 Å². The first kappa shape index (κ1) is 22.7. The molecule has 9 heteroatoms. The van der Waals surface area contributed by atoms with Crippen LogP contribution in [-0.4, -0.2) is 54.0 Å². The van der Waals surface area contributed by atoms with Gasteiger partial charge in [0.1, 0.15) is 11.9 Å². The highest BCUT2D eigenvalue weighted by atomic mass is 19.1. The summed E-state index contributed by atoms with van der Waals surface area (Å²) < 4.78 is 29.7. The van der Waals surface area contributed by atoms with Crippen LogP contribution in [0.4, 0.5) is 9.18 Å². The monoisotopic (exact) mass is 446 g/mol. The van der Waals surface area contributed by atoms with Gasteiger partial charge in [0.15, 0.2) is 5.82 Å². The lowest BCUT2D eigenvalue weighted by atomic mass is 10.0. The Balaban J connectivity index is 1.26. The number of hydrogen-bond donors (Lipinski definition) is 1. The first-order valence-corrected chi connectivity index (χ1v) is 11.5. The number of piperidine rings is 1. The summed E-state index contributed by atoms with van der Waals surface area (Å²) in [5.74, 6) is 1.34. The lowest BCUT2D eigenvalue weighted by molar-refractivity contribution is 0.0211. The zero-order valence-electron chi connectivity index (χ0n) is 18.3. The number of rotatable bonds is 8. The summed E-state index contributed by atoms with van der Waals surface area (Å²) in [7, 11) is 0. The zero-order valence-corrected chi connectivity index (χ0v) is 18.3. The fourth-order valence-corrected chi connectivity index (χ4v) is 4.14. The predicted octanol–water partition coefficient (Wildman–Crippen LogP) is 3.63. The van der Waals surface area contributed by atoms with Crippen molar-refractivity contribution in [2.75, 3.05) is 33.0 Å². The highest BCUT2D eigenvalue weighted by Gasteiger charge is 2.32. The first-order chi connectivity index (χ1) is 15.7. The highest BCUT2D eigenvalue weighted by Crippen LogP contribution is 2.30. The topological polar surface area (TPSA) is 89.7 Å². The van der Waals surface area contributed by atoms with Crippen LogP contribution < -0.4 is 5.32 Å². The number of ether oxygens (including phenoxy) is 2. The van der Waals surface area contributed by atoms with Crippen molar-refractivity contribution in [3.63, 3.8) is 0 Å². The number of halogens is 1. The smallest absolute Gasteiger partial charge is 0.318 e. The van der Waals surface area contributed by atoms with Crippen LogP contribution in [0, 0.1) is 11.7 Å². The minimum atomic E-state index is -0.294. The Labute approximate surface area is 187 Å². The molecule has 1 aromatic carbocycles. The Morgan fingerprint density at radius 2 is 2.00 bits per heavy atom. The summed E-state index contributed by atoms with van der Waals surface area (Å²) in [5.41, 5.74) is 0.842. The molecule has 2 aliphatic heterocycles. The molecule has 2 amide bonds. The number of carbonyl (C=O) groups excluding carboxylic acids is 1. The van der Waals surface area contributed by atoms with Crippen molar-refractivity contribution >= 4 is 6.03 Å². The van der Waals surface area contributed by atoms with Crippen LogP contribution in [0.15, 0.2) is 28.8 Å². The van der Waals surface area contributed by atoms with Gasteiger partial charge in [-0.1, -0.05) is 17.3 Å². The molecule has 0 bridgehead atoms. The minimum Gasteiger partial charge on any atom is -0.381 e. The summed E-state index contributed by atoms with van der Waals surface area (Å²) >= 11 is 0. The van der Waals surface area contributed by atoms with Gasteiger partial charge in [-0.05, 0) is 55.7 Å². The molecule has 2 aliphatic rings. The molecule has 3 heterocycles. The average molecular weight is 447 g/mol. The van der Waals surface area contributed by atoms with E-state index in [1.165, 1.54) is 12.1 Å². The minimum absolute atomic E-state index is 0.182. The molecule has 4 rings (SSSR count). The predicted molar refractivity (Wildman–Crippen MR) is 114 cm³/mol. The van der Waals surface area contributed by atoms with Crippen molar-refractivity contribution in [2.45, 2.75) is 51.1 Å². The number of nitrogens with zero attached hydrogens (tertiary/aromatic N) is 3. The van der Waals surface area contributed by atoms with E-state index < -0.39 is 0 Å². The van der Waals surface area contributed by atoms with E-state index >= 15 is 0 Å². The number of carbonyl (C=O) groups is 1. The first-order valence-electron chi connectivity index (χ1n) is 11.5. The van der Waals surface area contributed by atoms with Crippen LogP contribution in [0.5, 0.6) is 0 Å². The van der Waals surface area contributed by atoms with Gasteiger partial charge >= 0.3 is 6.03 Å². The molecule has 2 saturated heterocycles. The molecule has 0 aliphatic carbocycles. The molecule has 0 saturated carbocycles. The lowest BCUT2D eigenvalue weighted by Crippen LogP contribution is -2.44. The number of hydrogen-bond acceptors (Lipinski definition) is 6. The SMILES string of the molecule is O=C(NCc1ccc(F)cc1)N1CCCCC1c1nc(CCOCC2CCOCC2)no1. The number of aromatic nitrogens is 2. The molecule has 0 spiro atoms. The van der Waals surface area contributed by atoms with Crippen LogP contribution >= 0.6 is 0 Å². The van der Waals surface area contributed by atoms with E-state index in [4.69, 9.17) is 14.0 Å². The van der Waals surface area contributed by atoms with Gasteiger partial charge < -0.3 is 24.2 Å². The van der Waals surface area contributed by atoms with Crippen molar-refractivity contribution < 1.29 is 23.2 Å². The van der Waals surface area contributed by atoms with E-state index in [2.05, 4.69) is 15.5 Å². The van der Waals surface area contributed by atoms with Crippen molar-refractivity contribution in [1.29, 1.82) is 0 Å². The van der Waals surface area contributed by atoms with Gasteiger partial charge in [0, 0.05) is 39.3 Å². The third-order valence-corrected chi connectivity index (χ3v) is 6.05. The van der Waals surface area contributed by atoms with E-state index in [-0.39, 0.29) is 17.9 Å². The molecule has 0 radical (unpaired) electrons. The Bertz CT molecular complexity index is 854. The summed E-state index contributed by atoms with van der Waals surface area (Å²) in [4.78, 5) is 19.1. The number of nitrogens with one attached hydrogen (secondary N) is 1. The molecule has 1 atom stereocenters. The van der Waals surface area contributed by atoms with Crippen molar-refractivity contribution in [3.05, 3.63) is 47.4 Å². The summed E-state index contributed by atoms with van der Waals surface area (Å²) in [6, 6.07) is 5.69. The maximum absolute atomic E-state index is 13.1. The maximum Gasteiger partial charge on any atom is 0.318 e. The van der Waals surface area contributed by atoms with Gasteiger partial charge in [0.2, 0.25) is 5.89 Å². The fraction of sp³-hybridized carbons (Fsp3) is 0.609. The molecule has 32 heavy (non-hydrogen) atoms. The quantitative estimate of drug-likeness (QED) is 0.623. The van der Waals surface area contributed by atoms with Gasteiger partial charge in [-0.25, -0.2) is 9.18 Å². The van der Waals surface area contributed by atoms with Crippen molar-refractivity contribution in [1.82, 2.24) is 20.4 Å². The van der Waals surface area contributed by atoms with Crippen LogP contribution in [0.1, 0.15) is 55.4 Å². The number of amides is 2. The lowest BCUT2D eigenvalue weighted by Gasteiger charge is -2.33. The second-order valence-electron chi connectivity index (χ2n) is 8.42. The van der Waals surface area contributed by atoms with Gasteiger partial charge in [-0.15, -0.1) is 0 Å². The third kappa shape index (κ3) is 6.26. The van der Waals surface area contributed by atoms with E-state index in [9.17, 15) is 9.18 Å². The van der Waals surface area contributed by atoms with Crippen LogP contribution in [0.25, 0.3) is 0 Å². The fourth-order valence-electron chi connectivity index (χ4n) is 4.14. The van der Waals surface area contributed by atoms with E-state index in [0.717, 1.165) is 57.5 Å². The van der Waals surface area contributed by atoms with Crippen LogP contribution in [0.3, 0.4) is 0 Å². The largest absolute Gasteiger partial charge is 0.381 e. The molecule has 2 fully saturated rings. The van der Waals surface area contributed by atoms with Crippen molar-refractivity contribution in [2.24, 2.45) is 5.92 Å². The molecular formula is C23H31FN4O4. The summed E-state index contributed by atoms with van der Waals surface area (Å²) in [6.07, 6.45) is 5.39. The third-order valence-electron chi connectivity index (χ3n) is 6.05. The van der Waals surface area contributed by atoms with E-state index in [0.29, 0.717) is 43.8 Å². The zero-order chi connectivity index (χ0) is 22.2. The number of likely N-dealkylation sites (tertiary alicyclic amines) is 1. The Morgan fingerprint density at radius 1 is 1.19 bits per heavy atom. The molecule has 174 valence electrons. The van der Waals surface area contributed by atoms with Gasteiger partial charge in [0.05, 0.1) is 6.61 Å². The van der Waals surface area contributed by atoms with Crippen LogP contribution in [-0.2, 0) is 22.4 Å². The number of urea groups is 1. The van der Waals surface area contributed by atoms with Gasteiger partial charge in [-0.3, -0.25) is 0 Å². The van der Waals surface area contributed by atoms with E-state index in [1.54, 1.807) is 17.0 Å². The second kappa shape index (κ2) is 11.4. The molecule has 1 N–H and O–H groups in total. The summed E-state index contributed by atoms with van der Waals surface area (Å²) in [5, 5.41) is 7.00. The summed E-state index contributed by atoms with van der Waals surface area (Å²) in [6.45, 7) is 3.88.